The van der Waals surface area contributed by atoms with Gasteiger partial charge in [0.05, 0.1) is 10.9 Å². The summed E-state index contributed by atoms with van der Waals surface area (Å²) in [5.74, 6) is -0.445. The van der Waals surface area contributed by atoms with Crippen LogP contribution in [-0.4, -0.2) is 32.7 Å². The van der Waals surface area contributed by atoms with Gasteiger partial charge in [0.25, 0.3) is 0 Å². The fraction of sp³-hybridized carbons (Fsp3) is 0.333. The highest BCUT2D eigenvalue weighted by molar-refractivity contribution is 7.90. The Morgan fingerprint density at radius 3 is 1.97 bits per heavy atom. The minimum Gasteiger partial charge on any atom is -0.348 e. The first-order chi connectivity index (χ1) is 13.6. The van der Waals surface area contributed by atoms with Gasteiger partial charge in [0.1, 0.15) is 6.04 Å². The number of amides is 3. The van der Waals surface area contributed by atoms with Crippen molar-refractivity contribution >= 4 is 27.5 Å². The van der Waals surface area contributed by atoms with E-state index >= 15 is 0 Å². The predicted molar refractivity (Wildman–Crippen MR) is 113 cm³/mol. The molecule has 156 valence electrons. The summed E-state index contributed by atoms with van der Waals surface area (Å²) >= 11 is 0. The van der Waals surface area contributed by atoms with Gasteiger partial charge < -0.3 is 16.0 Å². The number of rotatable bonds is 7. The molecule has 0 aliphatic carbocycles. The first kappa shape index (κ1) is 22.4. The molecule has 0 aromatic heterocycles. The third-order valence-corrected chi connectivity index (χ3v) is 5.56. The standard InChI is InChI=1S/C21H27N3O4S/c1-14(2)19(24-21(26)23-17-8-6-5-7-9-17)20(25)22-15(3)16-10-12-18(13-11-16)29(4,27)28/h5-15,19H,1-4H3,(H,22,25)(H2,23,24,26)/t15-,19+/m1/s1. The van der Waals surface area contributed by atoms with E-state index < -0.39 is 21.9 Å². The van der Waals surface area contributed by atoms with E-state index in [1.165, 1.54) is 12.1 Å². The number of hydrogen-bond acceptors (Lipinski definition) is 4. The molecule has 2 atom stereocenters. The van der Waals surface area contributed by atoms with Crippen molar-refractivity contribution in [3.63, 3.8) is 0 Å². The molecule has 0 bridgehead atoms. The van der Waals surface area contributed by atoms with Crippen molar-refractivity contribution in [3.8, 4) is 0 Å². The summed E-state index contributed by atoms with van der Waals surface area (Å²) in [6.07, 6.45) is 1.15. The largest absolute Gasteiger partial charge is 0.348 e. The molecule has 0 aliphatic rings. The van der Waals surface area contributed by atoms with E-state index in [0.29, 0.717) is 5.69 Å². The number of carbonyl (C=O) groups excluding carboxylic acids is 2. The van der Waals surface area contributed by atoms with Gasteiger partial charge in [-0.15, -0.1) is 0 Å². The van der Waals surface area contributed by atoms with E-state index in [2.05, 4.69) is 16.0 Å². The van der Waals surface area contributed by atoms with Crippen LogP contribution in [0.5, 0.6) is 0 Å². The van der Waals surface area contributed by atoms with E-state index in [9.17, 15) is 18.0 Å². The third-order valence-electron chi connectivity index (χ3n) is 4.43. The van der Waals surface area contributed by atoms with Gasteiger partial charge in [-0.2, -0.15) is 0 Å². The minimum atomic E-state index is -3.27. The quantitative estimate of drug-likeness (QED) is 0.644. The fourth-order valence-electron chi connectivity index (χ4n) is 2.76. The Kier molecular flexibility index (Phi) is 7.39. The summed E-state index contributed by atoms with van der Waals surface area (Å²) < 4.78 is 23.1. The molecule has 0 aliphatic heterocycles. The molecule has 2 rings (SSSR count). The summed E-state index contributed by atoms with van der Waals surface area (Å²) in [5, 5.41) is 8.28. The highest BCUT2D eigenvalue weighted by atomic mass is 32.2. The zero-order valence-corrected chi connectivity index (χ0v) is 17.8. The SMILES string of the molecule is CC(C)[C@H](NC(=O)Nc1ccccc1)C(=O)N[C@H](C)c1ccc(S(C)(=O)=O)cc1. The van der Waals surface area contributed by atoms with Crippen LogP contribution in [-0.2, 0) is 14.6 Å². The normalized spacial score (nSPS) is 13.4. The van der Waals surface area contributed by atoms with Gasteiger partial charge in [0.15, 0.2) is 9.84 Å². The zero-order valence-electron chi connectivity index (χ0n) is 17.0. The van der Waals surface area contributed by atoms with Crippen LogP contribution in [0.4, 0.5) is 10.5 Å². The Labute approximate surface area is 171 Å². The number of carbonyl (C=O) groups is 2. The third kappa shape index (κ3) is 6.60. The first-order valence-electron chi connectivity index (χ1n) is 9.31. The zero-order chi connectivity index (χ0) is 21.6. The number of nitrogens with one attached hydrogen (secondary N) is 3. The fourth-order valence-corrected chi connectivity index (χ4v) is 3.39. The first-order valence-corrected chi connectivity index (χ1v) is 11.2. The molecule has 0 radical (unpaired) electrons. The second-order valence-corrected chi connectivity index (χ2v) is 9.27. The number of anilines is 1. The van der Waals surface area contributed by atoms with Crippen LogP contribution in [0, 0.1) is 5.92 Å². The summed E-state index contributed by atoms with van der Waals surface area (Å²) in [5.41, 5.74) is 1.40. The van der Waals surface area contributed by atoms with E-state index in [0.717, 1.165) is 11.8 Å². The summed E-state index contributed by atoms with van der Waals surface area (Å²) in [7, 11) is -3.27. The average molecular weight is 418 g/mol. The van der Waals surface area contributed by atoms with Crippen LogP contribution >= 0.6 is 0 Å². The lowest BCUT2D eigenvalue weighted by Gasteiger charge is -2.24. The maximum Gasteiger partial charge on any atom is 0.319 e. The van der Waals surface area contributed by atoms with E-state index in [1.807, 2.05) is 19.9 Å². The Morgan fingerprint density at radius 1 is 0.862 bits per heavy atom. The van der Waals surface area contributed by atoms with Crippen molar-refractivity contribution < 1.29 is 18.0 Å². The number of benzene rings is 2. The molecule has 2 aromatic carbocycles. The van der Waals surface area contributed by atoms with E-state index in [1.54, 1.807) is 43.3 Å². The molecular weight excluding hydrogens is 390 g/mol. The summed E-state index contributed by atoms with van der Waals surface area (Å²) in [6.45, 7) is 5.49. The van der Waals surface area contributed by atoms with Crippen molar-refractivity contribution in [1.29, 1.82) is 0 Å². The predicted octanol–water partition coefficient (Wildman–Crippen LogP) is 3.11. The van der Waals surface area contributed by atoms with Gasteiger partial charge >= 0.3 is 6.03 Å². The maximum atomic E-state index is 12.7. The van der Waals surface area contributed by atoms with E-state index in [-0.39, 0.29) is 22.8 Å². The van der Waals surface area contributed by atoms with Crippen molar-refractivity contribution in [2.24, 2.45) is 5.92 Å². The molecule has 29 heavy (non-hydrogen) atoms. The van der Waals surface area contributed by atoms with Crippen molar-refractivity contribution in [1.82, 2.24) is 10.6 Å². The lowest BCUT2D eigenvalue weighted by Crippen LogP contribution is -2.51. The molecule has 0 saturated heterocycles. The highest BCUT2D eigenvalue weighted by Gasteiger charge is 2.25. The van der Waals surface area contributed by atoms with Crippen molar-refractivity contribution in [3.05, 3.63) is 60.2 Å². The van der Waals surface area contributed by atoms with Gasteiger partial charge in [-0.3, -0.25) is 4.79 Å². The number of hydrogen-bond donors (Lipinski definition) is 3. The second kappa shape index (κ2) is 9.56. The Bertz CT molecular complexity index is 942. The van der Waals surface area contributed by atoms with Crippen molar-refractivity contribution in [2.75, 3.05) is 11.6 Å². The molecule has 0 unspecified atom stereocenters. The van der Waals surface area contributed by atoms with Crippen LogP contribution < -0.4 is 16.0 Å². The van der Waals surface area contributed by atoms with Gasteiger partial charge in [0.2, 0.25) is 5.91 Å². The molecule has 3 amide bonds. The van der Waals surface area contributed by atoms with Crippen LogP contribution in [0.1, 0.15) is 32.4 Å². The lowest BCUT2D eigenvalue weighted by atomic mass is 10.0. The molecule has 0 heterocycles. The van der Waals surface area contributed by atoms with Crippen LogP contribution in [0.25, 0.3) is 0 Å². The highest BCUT2D eigenvalue weighted by Crippen LogP contribution is 2.17. The monoisotopic (exact) mass is 417 g/mol. The summed E-state index contributed by atoms with van der Waals surface area (Å²) in [6, 6.07) is 13.8. The number of para-hydroxylation sites is 1. The van der Waals surface area contributed by atoms with Crippen molar-refractivity contribution in [2.45, 2.75) is 37.8 Å². The van der Waals surface area contributed by atoms with E-state index in [4.69, 9.17) is 0 Å². The molecule has 0 saturated carbocycles. The molecule has 0 fully saturated rings. The molecule has 7 nitrogen and oxygen atoms in total. The minimum absolute atomic E-state index is 0.128. The molecule has 2 aromatic rings. The topological polar surface area (TPSA) is 104 Å². The Morgan fingerprint density at radius 2 is 1.45 bits per heavy atom. The smallest absolute Gasteiger partial charge is 0.319 e. The van der Waals surface area contributed by atoms with Gasteiger partial charge in [-0.25, -0.2) is 13.2 Å². The second-order valence-electron chi connectivity index (χ2n) is 7.26. The molecule has 0 spiro atoms. The van der Waals surface area contributed by atoms with Gasteiger partial charge in [-0.05, 0) is 42.7 Å². The molecular formula is C21H27N3O4S. The number of sulfone groups is 1. The molecule has 3 N–H and O–H groups in total. The Hall–Kier alpha value is -2.87. The van der Waals surface area contributed by atoms with Gasteiger partial charge in [-0.1, -0.05) is 44.2 Å². The van der Waals surface area contributed by atoms with Crippen LogP contribution in [0.2, 0.25) is 0 Å². The maximum absolute atomic E-state index is 12.7. The molecule has 8 heteroatoms. The van der Waals surface area contributed by atoms with Crippen LogP contribution in [0.15, 0.2) is 59.5 Å². The Balaban J connectivity index is 2.02. The summed E-state index contributed by atoms with van der Waals surface area (Å²) in [4.78, 5) is 25.2. The average Bonchev–Trinajstić information content (AvgIpc) is 2.66. The number of urea groups is 1. The lowest BCUT2D eigenvalue weighted by molar-refractivity contribution is -0.124. The van der Waals surface area contributed by atoms with Crippen LogP contribution in [0.3, 0.4) is 0 Å². The van der Waals surface area contributed by atoms with Gasteiger partial charge in [0, 0.05) is 11.9 Å².